The van der Waals surface area contributed by atoms with Crippen LogP contribution in [-0.2, 0) is 6.54 Å². The second-order valence-corrected chi connectivity index (χ2v) is 3.01. The van der Waals surface area contributed by atoms with Crippen LogP contribution in [0.4, 0.5) is 16.3 Å². The van der Waals surface area contributed by atoms with Crippen molar-refractivity contribution in [3.8, 4) is 0 Å². The van der Waals surface area contributed by atoms with Gasteiger partial charge in [-0.3, -0.25) is 5.32 Å². The fraction of sp³-hybridized carbons (Fsp3) is 0.250. The first-order valence-electron chi connectivity index (χ1n) is 3.94. The Morgan fingerprint density at radius 2 is 2.46 bits per heavy atom. The fourth-order valence-corrected chi connectivity index (χ4v) is 1.29. The van der Waals surface area contributed by atoms with Crippen molar-refractivity contribution < 1.29 is 4.79 Å². The molecule has 3 N–H and O–H groups in total. The highest BCUT2D eigenvalue weighted by Gasteiger charge is 2.21. The molecule has 0 fully saturated rings. The average Bonchev–Trinajstić information content (AvgIpc) is 2.09. The third kappa shape index (κ3) is 1.18. The minimum atomic E-state index is -0.148. The van der Waals surface area contributed by atoms with Crippen LogP contribution in [0.25, 0.3) is 0 Å². The second kappa shape index (κ2) is 2.62. The first-order valence-corrected chi connectivity index (χ1v) is 3.94. The van der Waals surface area contributed by atoms with Crippen LogP contribution in [0.5, 0.6) is 0 Å². The van der Waals surface area contributed by atoms with Crippen molar-refractivity contribution in [2.24, 2.45) is 0 Å². The standard InChI is InChI=1S/C8H10N4O/c1-12-4-5-6(9)2-3-10-7(5)11-8(12)13/h2-3H,4H2,1H3,(H3,9,10,11,13). The molecule has 1 aromatic rings. The van der Waals surface area contributed by atoms with Gasteiger partial charge < -0.3 is 10.6 Å². The number of urea groups is 1. The molecule has 68 valence electrons. The molecule has 13 heavy (non-hydrogen) atoms. The lowest BCUT2D eigenvalue weighted by Gasteiger charge is -2.25. The highest BCUT2D eigenvalue weighted by atomic mass is 16.2. The van der Waals surface area contributed by atoms with Gasteiger partial charge in [-0.05, 0) is 6.07 Å². The van der Waals surface area contributed by atoms with Gasteiger partial charge in [-0.1, -0.05) is 0 Å². The number of amides is 2. The van der Waals surface area contributed by atoms with Crippen LogP contribution in [0.3, 0.4) is 0 Å². The number of nitrogen functional groups attached to an aromatic ring is 1. The molecule has 2 rings (SSSR count). The van der Waals surface area contributed by atoms with Crippen molar-refractivity contribution in [1.82, 2.24) is 9.88 Å². The molecule has 1 aliphatic rings. The van der Waals surface area contributed by atoms with Gasteiger partial charge in [0.25, 0.3) is 0 Å². The number of hydrogen-bond donors (Lipinski definition) is 2. The molecule has 1 aromatic heterocycles. The molecular weight excluding hydrogens is 168 g/mol. The molecular formula is C8H10N4O. The summed E-state index contributed by atoms with van der Waals surface area (Å²) >= 11 is 0. The van der Waals surface area contributed by atoms with Crippen molar-refractivity contribution in [2.75, 3.05) is 18.1 Å². The van der Waals surface area contributed by atoms with Crippen LogP contribution >= 0.6 is 0 Å². The van der Waals surface area contributed by atoms with Gasteiger partial charge in [-0.25, -0.2) is 9.78 Å². The average molecular weight is 178 g/mol. The minimum Gasteiger partial charge on any atom is -0.398 e. The maximum absolute atomic E-state index is 11.2. The molecule has 5 heteroatoms. The van der Waals surface area contributed by atoms with E-state index in [0.717, 1.165) is 5.56 Å². The van der Waals surface area contributed by atoms with E-state index in [1.165, 1.54) is 0 Å². The summed E-state index contributed by atoms with van der Waals surface area (Å²) < 4.78 is 0. The summed E-state index contributed by atoms with van der Waals surface area (Å²) in [6.07, 6.45) is 1.58. The maximum atomic E-state index is 11.2. The van der Waals surface area contributed by atoms with E-state index in [4.69, 9.17) is 5.73 Å². The predicted molar refractivity (Wildman–Crippen MR) is 49.1 cm³/mol. The highest BCUT2D eigenvalue weighted by molar-refractivity contribution is 5.92. The Labute approximate surface area is 75.6 Å². The number of carbonyl (C=O) groups excluding carboxylic acids is 1. The van der Waals surface area contributed by atoms with Gasteiger partial charge in [-0.15, -0.1) is 0 Å². The monoisotopic (exact) mass is 178 g/mol. The number of nitrogens with two attached hydrogens (primary N) is 1. The number of nitrogens with one attached hydrogen (secondary N) is 1. The lowest BCUT2D eigenvalue weighted by Crippen LogP contribution is -2.36. The number of fused-ring (bicyclic) bond motifs is 1. The molecule has 0 aliphatic carbocycles. The van der Waals surface area contributed by atoms with Crippen molar-refractivity contribution in [3.63, 3.8) is 0 Å². The molecule has 1 aliphatic heterocycles. The molecule has 2 amide bonds. The van der Waals surface area contributed by atoms with E-state index < -0.39 is 0 Å². The number of rotatable bonds is 0. The molecule has 5 nitrogen and oxygen atoms in total. The van der Waals surface area contributed by atoms with Crippen LogP contribution in [-0.4, -0.2) is 23.0 Å². The molecule has 0 spiro atoms. The fourth-order valence-electron chi connectivity index (χ4n) is 1.29. The Morgan fingerprint density at radius 3 is 3.23 bits per heavy atom. The Morgan fingerprint density at radius 1 is 1.69 bits per heavy atom. The highest BCUT2D eigenvalue weighted by Crippen LogP contribution is 2.24. The van der Waals surface area contributed by atoms with Crippen molar-refractivity contribution >= 4 is 17.5 Å². The number of carbonyl (C=O) groups is 1. The Kier molecular flexibility index (Phi) is 1.58. The molecule has 0 saturated heterocycles. The second-order valence-electron chi connectivity index (χ2n) is 3.01. The van der Waals surface area contributed by atoms with E-state index in [2.05, 4.69) is 10.3 Å². The molecule has 2 heterocycles. The zero-order valence-electron chi connectivity index (χ0n) is 7.24. The van der Waals surface area contributed by atoms with Crippen molar-refractivity contribution in [1.29, 1.82) is 0 Å². The van der Waals surface area contributed by atoms with Crippen LogP contribution in [0.1, 0.15) is 5.56 Å². The zero-order valence-corrected chi connectivity index (χ0v) is 7.24. The largest absolute Gasteiger partial charge is 0.398 e. The summed E-state index contributed by atoms with van der Waals surface area (Å²) in [5.74, 6) is 0.572. The molecule has 0 unspecified atom stereocenters. The van der Waals surface area contributed by atoms with Gasteiger partial charge in [0.05, 0.1) is 6.54 Å². The van der Waals surface area contributed by atoms with Gasteiger partial charge in [0, 0.05) is 24.5 Å². The zero-order chi connectivity index (χ0) is 9.42. The van der Waals surface area contributed by atoms with Crippen molar-refractivity contribution in [2.45, 2.75) is 6.54 Å². The topological polar surface area (TPSA) is 71.2 Å². The van der Waals surface area contributed by atoms with Crippen molar-refractivity contribution in [3.05, 3.63) is 17.8 Å². The van der Waals surface area contributed by atoms with E-state index in [-0.39, 0.29) is 6.03 Å². The van der Waals surface area contributed by atoms with Gasteiger partial charge in [0.15, 0.2) is 0 Å². The SMILES string of the molecule is CN1Cc2c(N)ccnc2NC1=O. The summed E-state index contributed by atoms with van der Waals surface area (Å²) in [5, 5.41) is 2.65. The van der Waals surface area contributed by atoms with Gasteiger partial charge in [0.1, 0.15) is 5.82 Å². The summed E-state index contributed by atoms with van der Waals surface area (Å²) in [4.78, 5) is 16.8. The van der Waals surface area contributed by atoms with Crippen LogP contribution in [0, 0.1) is 0 Å². The number of hydrogen-bond acceptors (Lipinski definition) is 3. The summed E-state index contributed by atoms with van der Waals surface area (Å²) in [6, 6.07) is 1.58. The van der Waals surface area contributed by atoms with E-state index in [9.17, 15) is 4.79 Å². The Hall–Kier alpha value is -1.78. The van der Waals surface area contributed by atoms with Gasteiger partial charge in [-0.2, -0.15) is 0 Å². The lowest BCUT2D eigenvalue weighted by atomic mass is 10.2. The van der Waals surface area contributed by atoms with E-state index >= 15 is 0 Å². The van der Waals surface area contributed by atoms with E-state index in [1.807, 2.05) is 0 Å². The summed E-state index contributed by atoms with van der Waals surface area (Å²) in [5.41, 5.74) is 7.27. The summed E-state index contributed by atoms with van der Waals surface area (Å²) in [6.45, 7) is 0.515. The minimum absolute atomic E-state index is 0.148. The summed E-state index contributed by atoms with van der Waals surface area (Å²) in [7, 11) is 1.71. The van der Waals surface area contributed by atoms with Crippen LogP contribution in [0.2, 0.25) is 0 Å². The Balaban J connectivity index is 2.48. The number of aromatic nitrogens is 1. The van der Waals surface area contributed by atoms with Crippen LogP contribution in [0.15, 0.2) is 12.3 Å². The Bertz CT molecular complexity index is 363. The van der Waals surface area contributed by atoms with E-state index in [1.54, 1.807) is 24.2 Å². The number of nitrogens with zero attached hydrogens (tertiary/aromatic N) is 2. The van der Waals surface area contributed by atoms with Gasteiger partial charge >= 0.3 is 6.03 Å². The van der Waals surface area contributed by atoms with Crippen LogP contribution < -0.4 is 11.1 Å². The maximum Gasteiger partial charge on any atom is 0.323 e. The normalized spacial score (nSPS) is 15.2. The predicted octanol–water partition coefficient (Wildman–Crippen LogP) is 0.641. The molecule has 0 saturated carbocycles. The molecule has 0 atom stereocenters. The van der Waals surface area contributed by atoms with E-state index in [0.29, 0.717) is 18.1 Å². The third-order valence-electron chi connectivity index (χ3n) is 2.06. The molecule has 0 aromatic carbocycles. The third-order valence-corrected chi connectivity index (χ3v) is 2.06. The first kappa shape index (κ1) is 7.85. The smallest absolute Gasteiger partial charge is 0.323 e. The number of anilines is 2. The van der Waals surface area contributed by atoms with Gasteiger partial charge in [0.2, 0.25) is 0 Å². The number of pyridine rings is 1. The molecule has 0 bridgehead atoms. The molecule has 0 radical (unpaired) electrons. The lowest BCUT2D eigenvalue weighted by molar-refractivity contribution is 0.218. The first-order chi connectivity index (χ1) is 6.18. The quantitative estimate of drug-likeness (QED) is 0.612.